The second kappa shape index (κ2) is 13.4. The van der Waals surface area contributed by atoms with E-state index in [0.717, 1.165) is 37.4 Å². The fraction of sp³-hybridized carbons (Fsp3) is 0.750. The van der Waals surface area contributed by atoms with E-state index in [2.05, 4.69) is 45.9 Å². The van der Waals surface area contributed by atoms with Gasteiger partial charge in [-0.15, -0.1) is 0 Å². The van der Waals surface area contributed by atoms with Gasteiger partial charge < -0.3 is 20.0 Å². The van der Waals surface area contributed by atoms with Crippen molar-refractivity contribution in [2.75, 3.05) is 40.3 Å². The Hall–Kier alpha value is -2.46. The number of hydrogen-bond donors (Lipinski definition) is 3. The number of amides is 1. The molecule has 0 spiro atoms. The number of aromatic nitrogens is 2. The smallest absolute Gasteiger partial charge is 0.290 e. The Bertz CT molecular complexity index is 793. The van der Waals surface area contributed by atoms with Crippen LogP contribution in [0.3, 0.4) is 0 Å². The highest BCUT2D eigenvalue weighted by Gasteiger charge is 2.47. The van der Waals surface area contributed by atoms with Gasteiger partial charge in [-0.05, 0) is 71.1 Å². The molecule has 0 aliphatic carbocycles. The lowest BCUT2D eigenvalue weighted by Crippen LogP contribution is -2.65. The molecule has 0 radical (unpaired) electrons. The first-order valence-corrected chi connectivity index (χ1v) is 12.1. The van der Waals surface area contributed by atoms with E-state index >= 15 is 0 Å². The van der Waals surface area contributed by atoms with Crippen molar-refractivity contribution in [3.05, 3.63) is 17.0 Å². The van der Waals surface area contributed by atoms with Crippen LogP contribution >= 0.6 is 0 Å². The highest BCUT2D eigenvalue weighted by molar-refractivity contribution is 5.76. The molecule has 0 unspecified atom stereocenters. The Labute approximate surface area is 202 Å². The summed E-state index contributed by atoms with van der Waals surface area (Å²) in [6.07, 6.45) is 6.64. The largest absolute Gasteiger partial charge is 0.483 e. The molecular formula is C24H41N5O5. The van der Waals surface area contributed by atoms with Gasteiger partial charge in [-0.1, -0.05) is 6.42 Å². The van der Waals surface area contributed by atoms with E-state index in [-0.39, 0.29) is 12.9 Å². The van der Waals surface area contributed by atoms with Crippen LogP contribution in [-0.4, -0.2) is 106 Å². The van der Waals surface area contributed by atoms with Gasteiger partial charge in [-0.25, -0.2) is 0 Å². The van der Waals surface area contributed by atoms with Gasteiger partial charge >= 0.3 is 0 Å². The van der Waals surface area contributed by atoms with Crippen molar-refractivity contribution < 1.29 is 24.6 Å². The van der Waals surface area contributed by atoms with Gasteiger partial charge in [-0.3, -0.25) is 24.4 Å². The molecule has 1 aromatic rings. The average molecular weight is 480 g/mol. The number of likely N-dealkylation sites (tertiary alicyclic amines) is 1. The SMILES string of the molecule is Cc1[nH]nc(CCC(=O)N2C[C@H]3C[C@@H](C2)[C@H](CN(C)C)N2CCCC[C@@H]32)c1C.O=CO.O=CO. The molecule has 4 atom stereocenters. The molecular weight excluding hydrogens is 438 g/mol. The van der Waals surface area contributed by atoms with Crippen LogP contribution in [0.2, 0.25) is 0 Å². The number of nitrogens with zero attached hydrogens (tertiary/aromatic N) is 4. The third-order valence-corrected chi connectivity index (χ3v) is 7.46. The van der Waals surface area contributed by atoms with Crippen LogP contribution in [-0.2, 0) is 20.8 Å². The summed E-state index contributed by atoms with van der Waals surface area (Å²) < 4.78 is 0. The van der Waals surface area contributed by atoms with Crippen LogP contribution in [0.4, 0.5) is 0 Å². The van der Waals surface area contributed by atoms with Crippen molar-refractivity contribution in [2.45, 2.75) is 64.5 Å². The van der Waals surface area contributed by atoms with Gasteiger partial charge in [0.2, 0.25) is 5.91 Å². The summed E-state index contributed by atoms with van der Waals surface area (Å²) in [5.74, 6) is 1.60. The molecule has 192 valence electrons. The molecule has 0 saturated carbocycles. The first-order chi connectivity index (χ1) is 16.3. The molecule has 1 amide bonds. The minimum atomic E-state index is -0.250. The Balaban J connectivity index is 0.000000618. The van der Waals surface area contributed by atoms with Gasteiger partial charge in [-0.2, -0.15) is 5.10 Å². The van der Waals surface area contributed by atoms with E-state index in [1.54, 1.807) is 0 Å². The lowest BCUT2D eigenvalue weighted by Gasteiger charge is -2.57. The van der Waals surface area contributed by atoms with E-state index in [1.165, 1.54) is 37.8 Å². The lowest BCUT2D eigenvalue weighted by atomic mass is 9.72. The molecule has 3 aliphatic heterocycles. The molecule has 1 aromatic heterocycles. The predicted octanol–water partition coefficient (Wildman–Crippen LogP) is 1.62. The van der Waals surface area contributed by atoms with E-state index in [1.807, 2.05) is 6.92 Å². The first-order valence-electron chi connectivity index (χ1n) is 12.1. The quantitative estimate of drug-likeness (QED) is 0.543. The summed E-state index contributed by atoms with van der Waals surface area (Å²) in [5, 5.41) is 21.2. The van der Waals surface area contributed by atoms with Gasteiger partial charge in [0, 0.05) is 50.3 Å². The summed E-state index contributed by atoms with van der Waals surface area (Å²) in [4.78, 5) is 37.1. The highest BCUT2D eigenvalue weighted by Crippen LogP contribution is 2.41. The zero-order valence-corrected chi connectivity index (χ0v) is 20.9. The second-order valence-corrected chi connectivity index (χ2v) is 9.82. The topological polar surface area (TPSA) is 130 Å². The Morgan fingerprint density at radius 2 is 1.79 bits per heavy atom. The number of aromatic amines is 1. The number of rotatable bonds is 5. The maximum Gasteiger partial charge on any atom is 0.290 e. The van der Waals surface area contributed by atoms with E-state index < -0.39 is 0 Å². The Morgan fingerprint density at radius 1 is 1.15 bits per heavy atom. The molecule has 0 aromatic carbocycles. The van der Waals surface area contributed by atoms with E-state index in [9.17, 15) is 4.79 Å². The maximum absolute atomic E-state index is 13.1. The summed E-state index contributed by atoms with van der Waals surface area (Å²) in [6.45, 7) is 7.90. The van der Waals surface area contributed by atoms with Crippen LogP contribution in [0.15, 0.2) is 0 Å². The van der Waals surface area contributed by atoms with Crippen LogP contribution in [0.1, 0.15) is 49.1 Å². The number of nitrogens with one attached hydrogen (secondary N) is 1. The van der Waals surface area contributed by atoms with Crippen molar-refractivity contribution in [1.29, 1.82) is 0 Å². The standard InChI is InChI=1S/C22H37N5O.2CH2O2/c1-15-16(2)23-24-19(15)8-9-22(28)26-12-17-11-18(13-26)21(14-25(3)4)27-10-6-5-7-20(17)27;2*2-1-3/h17-18,20-21H,5-14H2,1-4H3,(H,23,24);2*1H,(H,2,3)/t17-,18+,20+,21+;;/m1../s1. The van der Waals surface area contributed by atoms with Gasteiger partial charge in [0.15, 0.2) is 0 Å². The lowest BCUT2D eigenvalue weighted by molar-refractivity contribution is -0.141. The number of carboxylic acid groups (broad SMARTS) is 2. The van der Waals surface area contributed by atoms with Crippen molar-refractivity contribution >= 4 is 18.9 Å². The third kappa shape index (κ3) is 7.02. The number of fused-ring (bicyclic) bond motifs is 4. The summed E-state index contributed by atoms with van der Waals surface area (Å²) in [6, 6.07) is 1.28. The number of aryl methyl sites for hydroxylation is 2. The molecule has 3 saturated heterocycles. The first kappa shape index (κ1) is 27.8. The zero-order valence-electron chi connectivity index (χ0n) is 20.9. The van der Waals surface area contributed by atoms with Gasteiger partial charge in [0.05, 0.1) is 5.69 Å². The minimum Gasteiger partial charge on any atom is -0.483 e. The number of H-pyrrole nitrogens is 1. The summed E-state index contributed by atoms with van der Waals surface area (Å²) in [5.41, 5.74) is 3.36. The van der Waals surface area contributed by atoms with Crippen molar-refractivity contribution in [1.82, 2.24) is 24.9 Å². The van der Waals surface area contributed by atoms with Gasteiger partial charge in [0.25, 0.3) is 12.9 Å². The van der Waals surface area contributed by atoms with Crippen molar-refractivity contribution in [3.63, 3.8) is 0 Å². The van der Waals surface area contributed by atoms with Crippen LogP contribution in [0.5, 0.6) is 0 Å². The third-order valence-electron chi connectivity index (χ3n) is 7.46. The van der Waals surface area contributed by atoms with Crippen LogP contribution in [0, 0.1) is 25.7 Å². The monoisotopic (exact) mass is 479 g/mol. The predicted molar refractivity (Wildman–Crippen MR) is 129 cm³/mol. The number of carbonyl (C=O) groups is 3. The molecule has 10 nitrogen and oxygen atoms in total. The average Bonchev–Trinajstić information content (AvgIpc) is 3.13. The fourth-order valence-corrected chi connectivity index (χ4v) is 5.90. The Kier molecular flexibility index (Phi) is 11.0. The second-order valence-electron chi connectivity index (χ2n) is 9.82. The van der Waals surface area contributed by atoms with E-state index in [4.69, 9.17) is 19.8 Å². The van der Waals surface area contributed by atoms with Crippen molar-refractivity contribution in [2.24, 2.45) is 11.8 Å². The number of piperidine rings is 3. The molecule has 2 bridgehead atoms. The molecule has 3 N–H and O–H groups in total. The molecule has 4 heterocycles. The number of hydrogen-bond acceptors (Lipinski definition) is 6. The minimum absolute atomic E-state index is 0.250. The summed E-state index contributed by atoms with van der Waals surface area (Å²) >= 11 is 0. The van der Waals surface area contributed by atoms with Crippen molar-refractivity contribution in [3.8, 4) is 0 Å². The Morgan fingerprint density at radius 3 is 2.38 bits per heavy atom. The van der Waals surface area contributed by atoms with E-state index in [0.29, 0.717) is 36.2 Å². The molecule has 10 heteroatoms. The highest BCUT2D eigenvalue weighted by atomic mass is 16.3. The normalized spacial score (nSPS) is 25.9. The number of carbonyl (C=O) groups excluding carboxylic acids is 1. The number of likely N-dealkylation sites (N-methyl/N-ethyl adjacent to an activating group) is 1. The molecule has 4 rings (SSSR count). The van der Waals surface area contributed by atoms with Crippen LogP contribution < -0.4 is 0 Å². The molecule has 34 heavy (non-hydrogen) atoms. The van der Waals surface area contributed by atoms with Gasteiger partial charge in [0.1, 0.15) is 0 Å². The maximum atomic E-state index is 13.1. The summed E-state index contributed by atoms with van der Waals surface area (Å²) in [7, 11) is 4.37. The van der Waals surface area contributed by atoms with Crippen LogP contribution in [0.25, 0.3) is 0 Å². The zero-order chi connectivity index (χ0) is 25.3. The molecule has 3 fully saturated rings. The molecule has 3 aliphatic rings. The fourth-order valence-electron chi connectivity index (χ4n) is 5.90.